The number of ether oxygens (including phenoxy) is 3. The van der Waals surface area contributed by atoms with Crippen LogP contribution in [0.5, 0.6) is 11.5 Å². The van der Waals surface area contributed by atoms with Crippen LogP contribution in [0.2, 0.25) is 5.02 Å². The number of benzene rings is 1. The second-order valence-electron chi connectivity index (χ2n) is 5.61. The maximum atomic E-state index is 12.1. The number of hydrogen-bond donors (Lipinski definition) is 1. The monoisotopic (exact) mass is 404 g/mol. The van der Waals surface area contributed by atoms with E-state index in [4.69, 9.17) is 25.8 Å². The zero-order chi connectivity index (χ0) is 20.5. The summed E-state index contributed by atoms with van der Waals surface area (Å²) in [6, 6.07) is 8.40. The van der Waals surface area contributed by atoms with Crippen molar-refractivity contribution in [2.24, 2.45) is 0 Å². The van der Waals surface area contributed by atoms with Gasteiger partial charge >= 0.3 is 5.97 Å². The van der Waals surface area contributed by atoms with Gasteiger partial charge in [-0.1, -0.05) is 17.7 Å². The van der Waals surface area contributed by atoms with E-state index >= 15 is 0 Å². The molecular formula is C20H21ClN2O5. The lowest BCUT2D eigenvalue weighted by Crippen LogP contribution is -2.29. The van der Waals surface area contributed by atoms with Crippen molar-refractivity contribution in [3.8, 4) is 11.5 Å². The number of aromatic nitrogens is 1. The normalized spacial score (nSPS) is 11.7. The second kappa shape index (κ2) is 10.3. The molecule has 1 atom stereocenters. The van der Waals surface area contributed by atoms with Crippen LogP contribution in [0.25, 0.3) is 6.08 Å². The molecule has 1 aromatic heterocycles. The summed E-state index contributed by atoms with van der Waals surface area (Å²) in [6.45, 7) is 3.86. The number of carbonyl (C=O) groups is 2. The molecule has 2 rings (SSSR count). The number of nitrogens with one attached hydrogen (secondary N) is 1. The summed E-state index contributed by atoms with van der Waals surface area (Å²) in [6.07, 6.45) is 3.21. The van der Waals surface area contributed by atoms with Crippen molar-refractivity contribution in [3.63, 3.8) is 0 Å². The Morgan fingerprint density at radius 2 is 2.04 bits per heavy atom. The molecule has 148 valence electrons. The van der Waals surface area contributed by atoms with Gasteiger partial charge in [-0.25, -0.2) is 9.78 Å². The summed E-state index contributed by atoms with van der Waals surface area (Å²) in [5.41, 5.74) is 0.722. The van der Waals surface area contributed by atoms with Gasteiger partial charge in [-0.15, -0.1) is 0 Å². The number of halogens is 1. The molecule has 0 spiro atoms. The topological polar surface area (TPSA) is 86.8 Å². The van der Waals surface area contributed by atoms with E-state index in [2.05, 4.69) is 10.3 Å². The molecule has 0 aliphatic carbocycles. The van der Waals surface area contributed by atoms with E-state index in [0.717, 1.165) is 5.56 Å². The molecule has 8 heteroatoms. The Morgan fingerprint density at radius 3 is 2.68 bits per heavy atom. The zero-order valence-corrected chi connectivity index (χ0v) is 16.5. The molecule has 1 N–H and O–H groups in total. The number of carbonyl (C=O) groups excluding carboxylic acids is 2. The Hall–Kier alpha value is -3.06. The molecule has 0 aliphatic rings. The summed E-state index contributed by atoms with van der Waals surface area (Å²) >= 11 is 5.74. The Balaban J connectivity index is 1.93. The summed E-state index contributed by atoms with van der Waals surface area (Å²) < 4.78 is 15.8. The SMILES string of the molecule is CCOc1ccc(/C=C\C(=O)O[C@H](C)C(=O)Nc2ccc(Cl)cn2)cc1OC. The third-order valence-corrected chi connectivity index (χ3v) is 3.76. The molecule has 0 radical (unpaired) electrons. The van der Waals surface area contributed by atoms with E-state index in [0.29, 0.717) is 28.9 Å². The lowest BCUT2D eigenvalue weighted by molar-refractivity contribution is -0.148. The van der Waals surface area contributed by atoms with Crippen LogP contribution in [0.4, 0.5) is 5.82 Å². The van der Waals surface area contributed by atoms with Crippen molar-refractivity contribution < 1.29 is 23.8 Å². The molecule has 0 fully saturated rings. The number of amides is 1. The van der Waals surface area contributed by atoms with Gasteiger partial charge in [0.05, 0.1) is 18.7 Å². The highest BCUT2D eigenvalue weighted by Crippen LogP contribution is 2.28. The van der Waals surface area contributed by atoms with Crippen LogP contribution in [0.15, 0.2) is 42.6 Å². The Labute approximate surface area is 168 Å². The highest BCUT2D eigenvalue weighted by Gasteiger charge is 2.17. The molecule has 7 nitrogen and oxygen atoms in total. The minimum absolute atomic E-state index is 0.314. The van der Waals surface area contributed by atoms with Crippen LogP contribution >= 0.6 is 11.6 Å². The van der Waals surface area contributed by atoms with Gasteiger partial charge in [0, 0.05) is 12.3 Å². The number of rotatable bonds is 8. The molecule has 28 heavy (non-hydrogen) atoms. The third kappa shape index (κ3) is 6.28. The quantitative estimate of drug-likeness (QED) is 0.533. The fourth-order valence-electron chi connectivity index (χ4n) is 2.17. The maximum Gasteiger partial charge on any atom is 0.331 e. The van der Waals surface area contributed by atoms with Crippen molar-refractivity contribution in [1.29, 1.82) is 0 Å². The molecule has 1 heterocycles. The first-order valence-electron chi connectivity index (χ1n) is 8.55. The third-order valence-electron chi connectivity index (χ3n) is 3.54. The number of nitrogens with zero attached hydrogens (tertiary/aromatic N) is 1. The predicted molar refractivity (Wildman–Crippen MR) is 107 cm³/mol. The molecule has 0 saturated carbocycles. The predicted octanol–water partition coefficient (Wildman–Crippen LogP) is 3.73. The molecule has 0 saturated heterocycles. The molecule has 0 bridgehead atoms. The van der Waals surface area contributed by atoms with E-state index in [1.54, 1.807) is 36.4 Å². The van der Waals surface area contributed by atoms with Crippen LogP contribution < -0.4 is 14.8 Å². The molecule has 0 aliphatic heterocycles. The van der Waals surface area contributed by atoms with Crippen LogP contribution in [0.1, 0.15) is 19.4 Å². The van der Waals surface area contributed by atoms with Gasteiger partial charge in [0.25, 0.3) is 5.91 Å². The minimum atomic E-state index is -0.996. The zero-order valence-electron chi connectivity index (χ0n) is 15.8. The van der Waals surface area contributed by atoms with Gasteiger partial charge in [-0.2, -0.15) is 0 Å². The van der Waals surface area contributed by atoms with Gasteiger partial charge < -0.3 is 19.5 Å². The van der Waals surface area contributed by atoms with Crippen molar-refractivity contribution in [1.82, 2.24) is 4.98 Å². The van der Waals surface area contributed by atoms with E-state index in [1.165, 1.54) is 26.3 Å². The molecule has 1 aromatic carbocycles. The van der Waals surface area contributed by atoms with Gasteiger partial charge in [-0.05, 0) is 49.8 Å². The minimum Gasteiger partial charge on any atom is -0.493 e. The van der Waals surface area contributed by atoms with Crippen molar-refractivity contribution in [3.05, 3.63) is 53.2 Å². The van der Waals surface area contributed by atoms with Crippen LogP contribution in [-0.4, -0.2) is 36.7 Å². The Kier molecular flexibility index (Phi) is 7.83. The molecular weight excluding hydrogens is 384 g/mol. The average Bonchev–Trinajstić information content (AvgIpc) is 2.69. The Bertz CT molecular complexity index is 852. The van der Waals surface area contributed by atoms with E-state index in [9.17, 15) is 9.59 Å². The first-order valence-corrected chi connectivity index (χ1v) is 8.92. The number of pyridine rings is 1. The van der Waals surface area contributed by atoms with E-state index < -0.39 is 18.0 Å². The number of methoxy groups -OCH3 is 1. The number of hydrogen-bond acceptors (Lipinski definition) is 6. The smallest absolute Gasteiger partial charge is 0.331 e. The average molecular weight is 405 g/mol. The maximum absolute atomic E-state index is 12.1. The number of esters is 1. The number of anilines is 1. The van der Waals surface area contributed by atoms with Gasteiger partial charge in [0.1, 0.15) is 5.82 Å². The molecule has 2 aromatic rings. The van der Waals surface area contributed by atoms with Crippen LogP contribution in [0.3, 0.4) is 0 Å². The lowest BCUT2D eigenvalue weighted by atomic mass is 10.2. The lowest BCUT2D eigenvalue weighted by Gasteiger charge is -2.12. The second-order valence-corrected chi connectivity index (χ2v) is 6.04. The summed E-state index contributed by atoms with van der Waals surface area (Å²) in [5.74, 6) is 0.333. The van der Waals surface area contributed by atoms with Gasteiger partial charge in [-0.3, -0.25) is 4.79 Å². The largest absolute Gasteiger partial charge is 0.493 e. The highest BCUT2D eigenvalue weighted by atomic mass is 35.5. The summed E-state index contributed by atoms with van der Waals surface area (Å²) in [4.78, 5) is 28.0. The summed E-state index contributed by atoms with van der Waals surface area (Å²) in [7, 11) is 1.54. The van der Waals surface area contributed by atoms with E-state index in [1.807, 2.05) is 6.92 Å². The first kappa shape index (κ1) is 21.2. The van der Waals surface area contributed by atoms with Crippen molar-refractivity contribution in [2.45, 2.75) is 20.0 Å². The van der Waals surface area contributed by atoms with Crippen molar-refractivity contribution >= 4 is 35.4 Å². The standard InChI is InChI=1S/C20H21ClN2O5/c1-4-27-16-8-5-14(11-17(16)26-3)6-10-19(24)28-13(2)20(25)23-18-9-7-15(21)12-22-18/h5-13H,4H2,1-3H3,(H,22,23,25)/b10-6-/t13-/m1/s1. The van der Waals surface area contributed by atoms with Crippen molar-refractivity contribution in [2.75, 3.05) is 19.0 Å². The molecule has 0 unspecified atom stereocenters. The van der Waals surface area contributed by atoms with Crippen LogP contribution in [-0.2, 0) is 14.3 Å². The fraction of sp³-hybridized carbons (Fsp3) is 0.250. The first-order chi connectivity index (χ1) is 13.4. The van der Waals surface area contributed by atoms with Crippen LogP contribution in [0, 0.1) is 0 Å². The van der Waals surface area contributed by atoms with Gasteiger partial charge in [0.15, 0.2) is 17.6 Å². The Morgan fingerprint density at radius 1 is 1.25 bits per heavy atom. The fourth-order valence-corrected chi connectivity index (χ4v) is 2.28. The highest BCUT2D eigenvalue weighted by molar-refractivity contribution is 6.30. The summed E-state index contributed by atoms with van der Waals surface area (Å²) in [5, 5.41) is 2.99. The van der Waals surface area contributed by atoms with Gasteiger partial charge in [0.2, 0.25) is 0 Å². The van der Waals surface area contributed by atoms with E-state index in [-0.39, 0.29) is 0 Å². The molecule has 1 amide bonds.